The molecule has 106 valence electrons. The molecule has 0 aliphatic carbocycles. The molecule has 3 heterocycles. The highest BCUT2D eigenvalue weighted by Gasteiger charge is 2.19. The summed E-state index contributed by atoms with van der Waals surface area (Å²) in [6.07, 6.45) is 3.75. The van der Waals surface area contributed by atoms with Crippen molar-refractivity contribution in [1.29, 1.82) is 0 Å². The van der Waals surface area contributed by atoms with E-state index in [1.807, 2.05) is 12.1 Å². The normalized spacial score (nSPS) is 16.2. The van der Waals surface area contributed by atoms with Gasteiger partial charge in [0.1, 0.15) is 11.5 Å². The summed E-state index contributed by atoms with van der Waals surface area (Å²) < 4.78 is 5.17. The number of carbonyl (C=O) groups is 1. The van der Waals surface area contributed by atoms with E-state index < -0.39 is 0 Å². The van der Waals surface area contributed by atoms with Gasteiger partial charge < -0.3 is 15.1 Å². The Morgan fingerprint density at radius 1 is 1.45 bits per heavy atom. The lowest BCUT2D eigenvalue weighted by Gasteiger charge is -2.20. The molecule has 6 nitrogen and oxygen atoms in total. The molecule has 1 aliphatic heterocycles. The van der Waals surface area contributed by atoms with Crippen LogP contribution < -0.4 is 10.6 Å². The van der Waals surface area contributed by atoms with Gasteiger partial charge in [0.15, 0.2) is 0 Å². The van der Waals surface area contributed by atoms with Gasteiger partial charge in [0.25, 0.3) is 5.91 Å². The zero-order valence-electron chi connectivity index (χ0n) is 11.2. The standard InChI is InChI=1S/C14H18N4O2/c19-14(16-9-11-2-1-7-20-11)13-8-12(17-18-13)10-3-5-15-6-4-10/h1-2,7-8,10,15H,3-6,9H2,(H,16,19)(H,17,18). The summed E-state index contributed by atoms with van der Waals surface area (Å²) in [7, 11) is 0. The number of H-pyrrole nitrogens is 1. The van der Waals surface area contributed by atoms with Crippen LogP contribution in [-0.2, 0) is 6.54 Å². The molecule has 20 heavy (non-hydrogen) atoms. The van der Waals surface area contributed by atoms with Gasteiger partial charge in [-0.1, -0.05) is 0 Å². The molecule has 0 spiro atoms. The van der Waals surface area contributed by atoms with Crippen LogP contribution >= 0.6 is 0 Å². The Bertz CT molecular complexity index is 556. The molecule has 1 saturated heterocycles. The third kappa shape index (κ3) is 2.91. The molecule has 2 aromatic rings. The minimum atomic E-state index is -0.183. The summed E-state index contributed by atoms with van der Waals surface area (Å²) in [6.45, 7) is 2.41. The first-order valence-corrected chi connectivity index (χ1v) is 6.89. The zero-order valence-corrected chi connectivity index (χ0v) is 11.2. The van der Waals surface area contributed by atoms with Gasteiger partial charge in [0, 0.05) is 11.6 Å². The summed E-state index contributed by atoms with van der Waals surface area (Å²) in [5, 5.41) is 13.2. The number of amides is 1. The van der Waals surface area contributed by atoms with Gasteiger partial charge in [0.2, 0.25) is 0 Å². The Labute approximate surface area is 116 Å². The molecule has 6 heteroatoms. The second-order valence-corrected chi connectivity index (χ2v) is 4.99. The van der Waals surface area contributed by atoms with Gasteiger partial charge in [-0.2, -0.15) is 5.10 Å². The Morgan fingerprint density at radius 2 is 2.30 bits per heavy atom. The quantitative estimate of drug-likeness (QED) is 0.787. The first-order chi connectivity index (χ1) is 9.83. The molecule has 3 rings (SSSR count). The van der Waals surface area contributed by atoms with E-state index in [9.17, 15) is 4.79 Å². The minimum absolute atomic E-state index is 0.183. The number of aromatic nitrogens is 2. The summed E-state index contributed by atoms with van der Waals surface area (Å²) in [4.78, 5) is 12.0. The number of rotatable bonds is 4. The lowest BCUT2D eigenvalue weighted by Crippen LogP contribution is -2.26. The second kappa shape index (κ2) is 5.92. The average molecular weight is 274 g/mol. The molecule has 0 saturated carbocycles. The van der Waals surface area contributed by atoms with E-state index in [-0.39, 0.29) is 5.91 Å². The molecule has 1 amide bonds. The maximum atomic E-state index is 12.0. The maximum absolute atomic E-state index is 12.0. The Kier molecular flexibility index (Phi) is 3.83. The largest absolute Gasteiger partial charge is 0.467 e. The van der Waals surface area contributed by atoms with Crippen molar-refractivity contribution in [1.82, 2.24) is 20.8 Å². The molecule has 2 aromatic heterocycles. The number of hydrogen-bond donors (Lipinski definition) is 3. The van der Waals surface area contributed by atoms with Crippen LogP contribution in [0.5, 0.6) is 0 Å². The van der Waals surface area contributed by atoms with Crippen LogP contribution in [0.3, 0.4) is 0 Å². The third-order valence-corrected chi connectivity index (χ3v) is 3.61. The number of furan rings is 1. The van der Waals surface area contributed by atoms with E-state index in [4.69, 9.17) is 4.42 Å². The highest BCUT2D eigenvalue weighted by Crippen LogP contribution is 2.23. The zero-order chi connectivity index (χ0) is 13.8. The molecule has 3 N–H and O–H groups in total. The SMILES string of the molecule is O=C(NCc1ccco1)c1cc(C2CCNCC2)[nH]n1. The molecule has 0 bridgehead atoms. The summed E-state index contributed by atoms with van der Waals surface area (Å²) in [5.74, 6) is 1.01. The molecule has 0 aromatic carbocycles. The molecule has 1 fully saturated rings. The average Bonchev–Trinajstić information content (AvgIpc) is 3.17. The van der Waals surface area contributed by atoms with E-state index in [0.29, 0.717) is 18.2 Å². The summed E-state index contributed by atoms with van der Waals surface area (Å²) in [5.41, 5.74) is 1.49. The van der Waals surface area contributed by atoms with Crippen LogP contribution in [0.2, 0.25) is 0 Å². The monoisotopic (exact) mass is 274 g/mol. The second-order valence-electron chi connectivity index (χ2n) is 4.99. The Morgan fingerprint density at radius 3 is 3.05 bits per heavy atom. The summed E-state index contributed by atoms with van der Waals surface area (Å²) in [6, 6.07) is 5.48. The van der Waals surface area contributed by atoms with Crippen molar-refractivity contribution < 1.29 is 9.21 Å². The number of hydrogen-bond acceptors (Lipinski definition) is 4. The number of nitrogens with one attached hydrogen (secondary N) is 3. The Balaban J connectivity index is 1.59. The van der Waals surface area contributed by atoms with Gasteiger partial charge in [-0.05, 0) is 44.1 Å². The van der Waals surface area contributed by atoms with Crippen LogP contribution in [0.1, 0.15) is 40.7 Å². The van der Waals surface area contributed by atoms with Crippen molar-refractivity contribution in [3.8, 4) is 0 Å². The molecule has 0 radical (unpaired) electrons. The lowest BCUT2D eigenvalue weighted by atomic mass is 9.94. The smallest absolute Gasteiger partial charge is 0.272 e. The van der Waals surface area contributed by atoms with Crippen molar-refractivity contribution in [2.45, 2.75) is 25.3 Å². The number of aromatic amines is 1. The van der Waals surface area contributed by atoms with Gasteiger partial charge in [-0.15, -0.1) is 0 Å². The molecule has 0 atom stereocenters. The predicted octanol–water partition coefficient (Wildman–Crippen LogP) is 1.40. The molecule has 1 aliphatic rings. The number of piperidine rings is 1. The summed E-state index contributed by atoms with van der Waals surface area (Å²) >= 11 is 0. The molecular formula is C14H18N4O2. The van der Waals surface area contributed by atoms with E-state index in [1.165, 1.54) is 0 Å². The van der Waals surface area contributed by atoms with Crippen molar-refractivity contribution in [2.24, 2.45) is 0 Å². The van der Waals surface area contributed by atoms with E-state index in [0.717, 1.165) is 37.4 Å². The minimum Gasteiger partial charge on any atom is -0.467 e. The fraction of sp³-hybridized carbons (Fsp3) is 0.429. The number of carbonyl (C=O) groups excluding carboxylic acids is 1. The first-order valence-electron chi connectivity index (χ1n) is 6.89. The maximum Gasteiger partial charge on any atom is 0.272 e. The fourth-order valence-electron chi connectivity index (χ4n) is 2.47. The van der Waals surface area contributed by atoms with E-state index >= 15 is 0 Å². The highest BCUT2D eigenvalue weighted by atomic mass is 16.3. The van der Waals surface area contributed by atoms with Crippen molar-refractivity contribution in [3.63, 3.8) is 0 Å². The predicted molar refractivity (Wildman–Crippen MR) is 73.3 cm³/mol. The number of nitrogens with zero attached hydrogens (tertiary/aromatic N) is 1. The van der Waals surface area contributed by atoms with Crippen LogP contribution in [0.15, 0.2) is 28.9 Å². The first kappa shape index (κ1) is 12.9. The van der Waals surface area contributed by atoms with E-state index in [1.54, 1.807) is 12.3 Å². The highest BCUT2D eigenvalue weighted by molar-refractivity contribution is 5.92. The van der Waals surface area contributed by atoms with Gasteiger partial charge >= 0.3 is 0 Å². The van der Waals surface area contributed by atoms with Gasteiger partial charge in [-0.3, -0.25) is 9.89 Å². The van der Waals surface area contributed by atoms with Crippen LogP contribution in [0, 0.1) is 0 Å². The lowest BCUT2D eigenvalue weighted by molar-refractivity contribution is 0.0943. The molecule has 0 unspecified atom stereocenters. The third-order valence-electron chi connectivity index (χ3n) is 3.61. The van der Waals surface area contributed by atoms with Crippen molar-refractivity contribution in [2.75, 3.05) is 13.1 Å². The topological polar surface area (TPSA) is 83.0 Å². The molecular weight excluding hydrogens is 256 g/mol. The van der Waals surface area contributed by atoms with Gasteiger partial charge in [-0.25, -0.2) is 0 Å². The van der Waals surface area contributed by atoms with Crippen LogP contribution in [-0.4, -0.2) is 29.2 Å². The van der Waals surface area contributed by atoms with Crippen molar-refractivity contribution in [3.05, 3.63) is 41.6 Å². The van der Waals surface area contributed by atoms with E-state index in [2.05, 4.69) is 20.8 Å². The van der Waals surface area contributed by atoms with Gasteiger partial charge in [0.05, 0.1) is 12.8 Å². The van der Waals surface area contributed by atoms with Crippen LogP contribution in [0.25, 0.3) is 0 Å². The fourth-order valence-corrected chi connectivity index (χ4v) is 2.47. The van der Waals surface area contributed by atoms with Crippen LogP contribution in [0.4, 0.5) is 0 Å². The Hall–Kier alpha value is -2.08. The van der Waals surface area contributed by atoms with Crippen molar-refractivity contribution >= 4 is 5.91 Å².